The number of hydrogen-bond donors (Lipinski definition) is 3. The molecule has 3 unspecified atom stereocenters. The maximum atomic E-state index is 12.0. The Bertz CT molecular complexity index is 738. The van der Waals surface area contributed by atoms with Crippen LogP contribution in [0, 0.1) is 17.8 Å². The Labute approximate surface area is 283 Å². The van der Waals surface area contributed by atoms with E-state index in [0.29, 0.717) is 25.8 Å². The lowest BCUT2D eigenvalue weighted by molar-refractivity contribution is -0.935. The average Bonchev–Trinajstić information content (AvgIpc) is 3.03. The summed E-state index contributed by atoms with van der Waals surface area (Å²) >= 11 is 0. The molecule has 0 aliphatic rings. The number of hydrogen-bond acceptors (Lipinski definition) is 3. The normalized spacial score (nSPS) is 15.0. The molecule has 0 fully saturated rings. The minimum absolute atomic E-state index is 0.254. The van der Waals surface area contributed by atoms with Crippen LogP contribution in [0.3, 0.4) is 0 Å². The molecule has 0 radical (unpaired) electrons. The van der Waals surface area contributed by atoms with Gasteiger partial charge in [-0.2, -0.15) is 0 Å². The molecule has 7 nitrogen and oxygen atoms in total. The van der Waals surface area contributed by atoms with Crippen molar-refractivity contribution < 1.29 is 34.2 Å². The van der Waals surface area contributed by atoms with Crippen LogP contribution < -0.4 is 0 Å². The van der Waals surface area contributed by atoms with Crippen LogP contribution in [0.4, 0.5) is 0 Å². The number of allylic oxidation sites excluding steroid dienone is 2. The molecule has 3 N–H and O–H groups in total. The molecule has 0 aromatic carbocycles. The molecular formula is C39H74NO6+. The maximum absolute atomic E-state index is 12.0. The summed E-state index contributed by atoms with van der Waals surface area (Å²) in [6.07, 6.45) is 31.5. The van der Waals surface area contributed by atoms with E-state index >= 15 is 0 Å². The van der Waals surface area contributed by atoms with Crippen LogP contribution in [0.2, 0.25) is 0 Å². The smallest absolute Gasteiger partial charge is 0.312 e. The molecule has 0 aliphatic heterocycles. The molecule has 0 spiro atoms. The van der Waals surface area contributed by atoms with Gasteiger partial charge in [-0.1, -0.05) is 130 Å². The first kappa shape index (κ1) is 44.1. The highest BCUT2D eigenvalue weighted by atomic mass is 16.4. The fraction of sp³-hybridized carbons (Fsp3) is 0.872. The van der Waals surface area contributed by atoms with Crippen LogP contribution in [0.15, 0.2) is 12.2 Å². The van der Waals surface area contributed by atoms with E-state index in [2.05, 4.69) is 19.1 Å². The van der Waals surface area contributed by atoms with Crippen LogP contribution in [-0.4, -0.2) is 63.9 Å². The van der Waals surface area contributed by atoms with Gasteiger partial charge < -0.3 is 19.8 Å². The number of quaternary nitrogens is 1. The summed E-state index contributed by atoms with van der Waals surface area (Å²) in [7, 11) is 0. The van der Waals surface area contributed by atoms with Crippen molar-refractivity contribution in [2.75, 3.05) is 26.2 Å². The molecule has 0 amide bonds. The Morgan fingerprint density at radius 2 is 0.739 bits per heavy atom. The predicted molar refractivity (Wildman–Crippen MR) is 191 cm³/mol. The van der Waals surface area contributed by atoms with E-state index < -0.39 is 35.7 Å². The van der Waals surface area contributed by atoms with Crippen molar-refractivity contribution in [2.45, 2.75) is 175 Å². The summed E-state index contributed by atoms with van der Waals surface area (Å²) in [6.45, 7) is 9.26. The third-order valence-electron chi connectivity index (χ3n) is 9.99. The quantitative estimate of drug-likeness (QED) is 0.0362. The number of carbonyl (C=O) groups is 3. The van der Waals surface area contributed by atoms with Crippen molar-refractivity contribution >= 4 is 17.9 Å². The average molecular weight is 653 g/mol. The third kappa shape index (κ3) is 22.6. The topological polar surface area (TPSA) is 112 Å². The molecule has 270 valence electrons. The van der Waals surface area contributed by atoms with E-state index in [4.69, 9.17) is 0 Å². The van der Waals surface area contributed by atoms with Gasteiger partial charge in [-0.3, -0.25) is 14.4 Å². The Morgan fingerprint density at radius 1 is 0.457 bits per heavy atom. The Balaban J connectivity index is 4.47. The first-order chi connectivity index (χ1) is 22.2. The summed E-state index contributed by atoms with van der Waals surface area (Å²) in [6, 6.07) is 0. The van der Waals surface area contributed by atoms with Crippen molar-refractivity contribution in [3.63, 3.8) is 0 Å². The number of aliphatic carboxylic acids is 3. The van der Waals surface area contributed by atoms with Crippen molar-refractivity contribution in [1.82, 2.24) is 0 Å². The van der Waals surface area contributed by atoms with Gasteiger partial charge in [-0.15, -0.1) is 0 Å². The zero-order chi connectivity index (χ0) is 34.5. The largest absolute Gasteiger partial charge is 0.481 e. The summed E-state index contributed by atoms with van der Waals surface area (Å²) in [5.41, 5.74) is 0. The Morgan fingerprint density at radius 3 is 1.02 bits per heavy atom. The molecule has 0 rings (SSSR count). The highest BCUT2D eigenvalue weighted by molar-refractivity contribution is 5.71. The summed E-state index contributed by atoms with van der Waals surface area (Å²) in [4.78, 5) is 36.0. The second-order valence-corrected chi connectivity index (χ2v) is 14.0. The van der Waals surface area contributed by atoms with Gasteiger partial charge in [-0.25, -0.2) is 0 Å². The van der Waals surface area contributed by atoms with Gasteiger partial charge in [-0.05, 0) is 57.8 Å². The fourth-order valence-corrected chi connectivity index (χ4v) is 6.80. The molecule has 0 saturated carbocycles. The van der Waals surface area contributed by atoms with E-state index in [1.165, 1.54) is 96.3 Å². The van der Waals surface area contributed by atoms with Crippen molar-refractivity contribution in [2.24, 2.45) is 17.8 Å². The van der Waals surface area contributed by atoms with Gasteiger partial charge in [0.1, 0.15) is 17.8 Å². The van der Waals surface area contributed by atoms with Gasteiger partial charge in [0.05, 0.1) is 26.2 Å². The van der Waals surface area contributed by atoms with E-state index in [-0.39, 0.29) is 24.1 Å². The SMILES string of the molecule is CCCCCCCCCCCCCC/C=C/CCCCCCCC[N+](CC(CC)C(=O)O)(CC(CC)C(=O)O)CC(CC)C(=O)O. The molecule has 0 aromatic rings. The molecule has 0 heterocycles. The second kappa shape index (κ2) is 29.3. The summed E-state index contributed by atoms with van der Waals surface area (Å²) in [5, 5.41) is 29.5. The standard InChI is InChI=1S/C39H73NO6/c1-5-9-10-11-12-13-14-15-16-17-18-19-20-21-22-23-24-25-26-27-28-29-30-40(31-34(6-2)37(41)42,32-35(7-3)38(43)44)33-36(8-4)39(45)46/h21-22,34-36H,5-20,23-33H2,1-4H3,(H2-,41,42,43,44,45,46)/p+1/b22-21+. The third-order valence-corrected chi connectivity index (χ3v) is 9.99. The van der Waals surface area contributed by atoms with Gasteiger partial charge in [0.25, 0.3) is 0 Å². The number of unbranched alkanes of at least 4 members (excludes halogenated alkanes) is 18. The van der Waals surface area contributed by atoms with Gasteiger partial charge in [0.15, 0.2) is 0 Å². The number of rotatable bonds is 34. The van der Waals surface area contributed by atoms with Crippen LogP contribution in [0.1, 0.15) is 175 Å². The molecule has 0 saturated heterocycles. The number of carboxylic acids is 3. The Kier molecular flexibility index (Phi) is 28.1. The van der Waals surface area contributed by atoms with Crippen LogP contribution >= 0.6 is 0 Å². The van der Waals surface area contributed by atoms with E-state index in [9.17, 15) is 29.7 Å². The molecule has 7 heteroatoms. The maximum Gasteiger partial charge on any atom is 0.312 e. The molecule has 0 aromatic heterocycles. The van der Waals surface area contributed by atoms with E-state index in [1.807, 2.05) is 20.8 Å². The van der Waals surface area contributed by atoms with Crippen molar-refractivity contribution in [3.05, 3.63) is 12.2 Å². The summed E-state index contributed by atoms with van der Waals surface area (Å²) in [5.74, 6) is -4.53. The summed E-state index contributed by atoms with van der Waals surface area (Å²) < 4.78 is 0.254. The lowest BCUT2D eigenvalue weighted by atomic mass is 9.95. The van der Waals surface area contributed by atoms with Gasteiger partial charge in [0, 0.05) is 0 Å². The molecule has 0 bridgehead atoms. The van der Waals surface area contributed by atoms with E-state index in [1.54, 1.807) is 0 Å². The zero-order valence-electron chi connectivity index (χ0n) is 30.5. The Hall–Kier alpha value is -1.89. The van der Waals surface area contributed by atoms with Crippen LogP contribution in [-0.2, 0) is 14.4 Å². The molecule has 0 aliphatic carbocycles. The minimum atomic E-state index is -0.889. The highest BCUT2D eigenvalue weighted by Gasteiger charge is 2.40. The van der Waals surface area contributed by atoms with Gasteiger partial charge >= 0.3 is 17.9 Å². The molecule has 3 atom stereocenters. The molecule has 46 heavy (non-hydrogen) atoms. The van der Waals surface area contributed by atoms with E-state index in [0.717, 1.165) is 32.1 Å². The molecular weight excluding hydrogens is 578 g/mol. The first-order valence-corrected chi connectivity index (χ1v) is 19.3. The highest BCUT2D eigenvalue weighted by Crippen LogP contribution is 2.25. The van der Waals surface area contributed by atoms with Gasteiger partial charge in [0.2, 0.25) is 0 Å². The first-order valence-electron chi connectivity index (χ1n) is 19.3. The number of carboxylic acid groups (broad SMARTS) is 3. The van der Waals surface area contributed by atoms with Crippen LogP contribution in [0.25, 0.3) is 0 Å². The minimum Gasteiger partial charge on any atom is -0.481 e. The zero-order valence-corrected chi connectivity index (χ0v) is 30.5. The van der Waals surface area contributed by atoms with Crippen LogP contribution in [0.5, 0.6) is 0 Å². The lowest BCUT2D eigenvalue weighted by Gasteiger charge is -2.43. The fourth-order valence-electron chi connectivity index (χ4n) is 6.80. The van der Waals surface area contributed by atoms with Crippen molar-refractivity contribution in [1.29, 1.82) is 0 Å². The predicted octanol–water partition coefficient (Wildman–Crippen LogP) is 10.5. The van der Waals surface area contributed by atoms with Crippen molar-refractivity contribution in [3.8, 4) is 0 Å². The monoisotopic (exact) mass is 653 g/mol. The lowest BCUT2D eigenvalue weighted by Crippen LogP contribution is -2.58. The number of nitrogens with zero attached hydrogens (tertiary/aromatic N) is 1. The second-order valence-electron chi connectivity index (χ2n) is 14.0.